The highest BCUT2D eigenvalue weighted by Crippen LogP contribution is 2.96. The van der Waals surface area contributed by atoms with Crippen molar-refractivity contribution in [3.05, 3.63) is 59.2 Å². The Morgan fingerprint density at radius 1 is 1.14 bits per heavy atom. The Morgan fingerprint density at radius 2 is 1.93 bits per heavy atom. The van der Waals surface area contributed by atoms with Gasteiger partial charge < -0.3 is 19.1 Å². The van der Waals surface area contributed by atoms with Gasteiger partial charge in [0.05, 0.1) is 31.0 Å². The van der Waals surface area contributed by atoms with Crippen molar-refractivity contribution in [1.29, 1.82) is 0 Å². The molecule has 10 heteroatoms. The molecule has 1 aromatic carbocycles. The molecular weight excluding hydrogens is 535 g/mol. The second-order valence-electron chi connectivity index (χ2n) is 13.4. The summed E-state index contributed by atoms with van der Waals surface area (Å²) in [5, 5.41) is 4.14. The summed E-state index contributed by atoms with van der Waals surface area (Å²) < 4.78 is 26.7. The van der Waals surface area contributed by atoms with Crippen LogP contribution < -0.4 is 9.64 Å². The molecule has 0 bridgehead atoms. The third kappa shape index (κ3) is 4.12. The molecule has 4 fully saturated rings. The minimum atomic E-state index is -0.387. The van der Waals surface area contributed by atoms with Crippen molar-refractivity contribution < 1.29 is 18.4 Å². The SMILES string of the molecule is CC(C)c1noc(N2CCC3C(CC2)C32C[C@@]23C[C@@H]3COc2ccc(CC(=O)N3CCc4nccnc4C3)c(F)c2)n1. The third-order valence-electron chi connectivity index (χ3n) is 11.0. The summed E-state index contributed by atoms with van der Waals surface area (Å²) in [7, 11) is 0. The monoisotopic (exact) mass is 572 g/mol. The molecule has 0 radical (unpaired) electrons. The number of rotatable bonds is 7. The van der Waals surface area contributed by atoms with Crippen molar-refractivity contribution in [3.63, 3.8) is 0 Å². The second-order valence-corrected chi connectivity index (χ2v) is 13.4. The van der Waals surface area contributed by atoms with Crippen LogP contribution in [0.15, 0.2) is 35.1 Å². The molecule has 4 atom stereocenters. The molecule has 2 aromatic heterocycles. The van der Waals surface area contributed by atoms with E-state index in [4.69, 9.17) is 9.26 Å². The first kappa shape index (κ1) is 26.1. The number of anilines is 1. The van der Waals surface area contributed by atoms with Gasteiger partial charge in [0.1, 0.15) is 11.6 Å². The van der Waals surface area contributed by atoms with E-state index in [1.807, 2.05) is 0 Å². The minimum Gasteiger partial charge on any atom is -0.493 e. The van der Waals surface area contributed by atoms with Gasteiger partial charge >= 0.3 is 6.01 Å². The van der Waals surface area contributed by atoms with E-state index in [2.05, 4.69) is 38.9 Å². The summed E-state index contributed by atoms with van der Waals surface area (Å²) in [5.74, 6) is 3.24. The van der Waals surface area contributed by atoms with Crippen LogP contribution in [-0.4, -0.2) is 57.2 Å². The standard InChI is InChI=1S/C32H37FN6O3/c1-19(2)29-36-30(42-37-29)38-10-5-23-24(6-11-38)32(23)18-31(32)15-21(31)17-41-22-4-3-20(25(33)14-22)13-28(40)39-12-7-26-27(16-39)35-9-8-34-26/h3-4,8-9,14,19,21,23-24H,5-7,10-13,15-18H2,1-2H3/t21-,23?,24?,31-,32?/m1/s1. The number of aromatic nitrogens is 4. The molecule has 2 aliphatic heterocycles. The van der Waals surface area contributed by atoms with Gasteiger partial charge in [0.15, 0.2) is 5.82 Å². The maximum absolute atomic E-state index is 15.0. The molecule has 9 nitrogen and oxygen atoms in total. The predicted octanol–water partition coefficient (Wildman–Crippen LogP) is 4.57. The van der Waals surface area contributed by atoms with Crippen LogP contribution >= 0.6 is 0 Å². The number of hydrogen-bond donors (Lipinski definition) is 0. The Kier molecular flexibility index (Phi) is 5.89. The normalized spacial score (nSPS) is 30.7. The van der Waals surface area contributed by atoms with Crippen molar-refractivity contribution in [2.24, 2.45) is 28.6 Å². The van der Waals surface area contributed by atoms with Crippen LogP contribution in [0.25, 0.3) is 0 Å². The average molecular weight is 573 g/mol. The molecule has 220 valence electrons. The number of nitrogens with zero attached hydrogens (tertiary/aromatic N) is 6. The molecule has 1 saturated heterocycles. The van der Waals surface area contributed by atoms with Gasteiger partial charge in [-0.15, -0.1) is 0 Å². The van der Waals surface area contributed by atoms with Crippen LogP contribution in [0.3, 0.4) is 0 Å². The van der Waals surface area contributed by atoms with Crippen molar-refractivity contribution in [2.75, 3.05) is 31.1 Å². The van der Waals surface area contributed by atoms with E-state index in [9.17, 15) is 9.18 Å². The molecule has 3 saturated carbocycles. The number of amides is 1. The fourth-order valence-electron chi connectivity index (χ4n) is 8.55. The number of carbonyl (C=O) groups is 1. The summed E-state index contributed by atoms with van der Waals surface area (Å²) in [5.41, 5.74) is 3.12. The van der Waals surface area contributed by atoms with E-state index >= 15 is 0 Å². The highest BCUT2D eigenvalue weighted by Gasteiger charge is 2.91. The Labute approximate surface area is 244 Å². The smallest absolute Gasteiger partial charge is 0.324 e. The fraction of sp³-hybridized carbons (Fsp3) is 0.594. The molecule has 2 unspecified atom stereocenters. The van der Waals surface area contributed by atoms with E-state index in [-0.39, 0.29) is 24.1 Å². The zero-order chi connectivity index (χ0) is 28.6. The van der Waals surface area contributed by atoms with Gasteiger partial charge in [0.2, 0.25) is 5.91 Å². The Hall–Kier alpha value is -3.56. The maximum Gasteiger partial charge on any atom is 0.324 e. The van der Waals surface area contributed by atoms with Crippen LogP contribution in [0, 0.1) is 34.4 Å². The first-order valence-corrected chi connectivity index (χ1v) is 15.4. The highest BCUT2D eigenvalue weighted by atomic mass is 19.1. The fourth-order valence-corrected chi connectivity index (χ4v) is 8.55. The van der Waals surface area contributed by atoms with Gasteiger partial charge in [0, 0.05) is 50.4 Å². The Balaban J connectivity index is 0.826. The molecule has 0 N–H and O–H groups in total. The first-order chi connectivity index (χ1) is 20.4. The van der Waals surface area contributed by atoms with Gasteiger partial charge in [0.25, 0.3) is 0 Å². The summed E-state index contributed by atoms with van der Waals surface area (Å²) >= 11 is 0. The quantitative estimate of drug-likeness (QED) is 0.406. The Bertz CT molecular complexity index is 1530. The molecule has 42 heavy (non-hydrogen) atoms. The summed E-state index contributed by atoms with van der Waals surface area (Å²) in [4.78, 5) is 30.2. The van der Waals surface area contributed by atoms with Crippen LogP contribution in [0.4, 0.5) is 10.4 Å². The third-order valence-corrected chi connectivity index (χ3v) is 11.0. The molecule has 3 aliphatic carbocycles. The van der Waals surface area contributed by atoms with E-state index in [1.54, 1.807) is 29.4 Å². The molecule has 3 aromatic rings. The van der Waals surface area contributed by atoms with Gasteiger partial charge in [-0.25, -0.2) is 4.39 Å². The van der Waals surface area contributed by atoms with Crippen molar-refractivity contribution >= 4 is 11.9 Å². The lowest BCUT2D eigenvalue weighted by Crippen LogP contribution is -2.37. The molecule has 4 heterocycles. The lowest BCUT2D eigenvalue weighted by atomic mass is 10.1. The maximum atomic E-state index is 15.0. The van der Waals surface area contributed by atoms with Crippen LogP contribution in [0.5, 0.6) is 5.75 Å². The lowest BCUT2D eigenvalue weighted by molar-refractivity contribution is -0.131. The number of halogens is 1. The van der Waals surface area contributed by atoms with Gasteiger partial charge in [-0.2, -0.15) is 4.98 Å². The minimum absolute atomic E-state index is 0.0293. The second kappa shape index (κ2) is 9.47. The number of fused-ring (bicyclic) bond motifs is 5. The number of benzene rings is 1. The molecule has 8 rings (SSSR count). The summed E-state index contributed by atoms with van der Waals surface area (Å²) in [6.07, 6.45) is 8.94. The predicted molar refractivity (Wildman–Crippen MR) is 151 cm³/mol. The van der Waals surface area contributed by atoms with Gasteiger partial charge in [-0.1, -0.05) is 25.1 Å². The van der Waals surface area contributed by atoms with Crippen LogP contribution in [-0.2, 0) is 24.2 Å². The van der Waals surface area contributed by atoms with Crippen LogP contribution in [0.2, 0.25) is 0 Å². The lowest BCUT2D eigenvalue weighted by Gasteiger charge is -2.27. The van der Waals surface area contributed by atoms with Crippen LogP contribution in [0.1, 0.15) is 68.2 Å². The Morgan fingerprint density at radius 3 is 2.67 bits per heavy atom. The highest BCUT2D eigenvalue weighted by molar-refractivity contribution is 5.79. The number of carbonyl (C=O) groups excluding carboxylic acids is 1. The van der Waals surface area contributed by atoms with Crippen molar-refractivity contribution in [1.82, 2.24) is 25.0 Å². The zero-order valence-electron chi connectivity index (χ0n) is 24.3. The molecule has 1 amide bonds. The van der Waals surface area contributed by atoms with E-state index in [0.29, 0.717) is 60.2 Å². The average Bonchev–Trinajstić information content (AvgIpc) is 3.92. The summed E-state index contributed by atoms with van der Waals surface area (Å²) in [6.45, 7) is 7.77. The van der Waals surface area contributed by atoms with E-state index < -0.39 is 0 Å². The largest absolute Gasteiger partial charge is 0.493 e. The first-order valence-electron chi connectivity index (χ1n) is 15.4. The zero-order valence-corrected chi connectivity index (χ0v) is 24.3. The number of hydrogen-bond acceptors (Lipinski definition) is 8. The number of ether oxygens (including phenoxy) is 1. The van der Waals surface area contributed by atoms with E-state index in [0.717, 1.165) is 42.1 Å². The summed E-state index contributed by atoms with van der Waals surface area (Å²) in [6, 6.07) is 5.61. The molecule has 2 spiro atoms. The molecule has 5 aliphatic rings. The topological polar surface area (TPSA) is 97.5 Å². The van der Waals surface area contributed by atoms with Crippen molar-refractivity contribution in [2.45, 2.75) is 64.8 Å². The van der Waals surface area contributed by atoms with Gasteiger partial charge in [-0.05, 0) is 65.9 Å². The van der Waals surface area contributed by atoms with Gasteiger partial charge in [-0.3, -0.25) is 14.8 Å². The molecular formula is C32H37FN6O3. The van der Waals surface area contributed by atoms with E-state index in [1.165, 1.54) is 31.7 Å². The van der Waals surface area contributed by atoms with Crippen molar-refractivity contribution in [3.8, 4) is 5.75 Å².